The molecule has 0 atom stereocenters. The molecule has 3 aromatic rings. The van der Waals surface area contributed by atoms with Gasteiger partial charge in [0.25, 0.3) is 11.4 Å². The van der Waals surface area contributed by atoms with Gasteiger partial charge in [-0.1, -0.05) is 30.3 Å². The van der Waals surface area contributed by atoms with Gasteiger partial charge in [-0.2, -0.15) is 8.61 Å². The van der Waals surface area contributed by atoms with E-state index in [2.05, 4.69) is 10.3 Å². The predicted molar refractivity (Wildman–Crippen MR) is 148 cm³/mol. The lowest BCUT2D eigenvalue weighted by molar-refractivity contribution is -0.388. The number of pyridine rings is 1. The molecule has 4 rings (SSSR count). The second kappa shape index (κ2) is 12.8. The molecule has 2 aromatic carbocycles. The van der Waals surface area contributed by atoms with Crippen LogP contribution in [0, 0.1) is 20.2 Å². The van der Waals surface area contributed by atoms with Crippen LogP contribution in [-0.2, 0) is 32.9 Å². The molecule has 0 amide bonds. The topological polar surface area (TPSA) is 186 Å². The molecule has 16 heteroatoms. The number of sulfonamides is 2. The Labute approximate surface area is 237 Å². The van der Waals surface area contributed by atoms with Gasteiger partial charge < -0.3 is 5.32 Å². The minimum Gasteiger partial charge on any atom is -0.314 e. The molecule has 0 saturated carbocycles. The summed E-state index contributed by atoms with van der Waals surface area (Å²) < 4.78 is 56.5. The number of fused-ring (bicyclic) bond motifs is 2. The molecule has 1 aliphatic rings. The molecule has 218 valence electrons. The molecule has 41 heavy (non-hydrogen) atoms. The van der Waals surface area contributed by atoms with Gasteiger partial charge in [0.05, 0.1) is 9.85 Å². The van der Waals surface area contributed by atoms with Gasteiger partial charge >= 0.3 is 0 Å². The van der Waals surface area contributed by atoms with Crippen molar-refractivity contribution in [3.05, 3.63) is 98.3 Å². The Morgan fingerprint density at radius 2 is 1.10 bits per heavy atom. The highest BCUT2D eigenvalue weighted by Gasteiger charge is 2.33. The van der Waals surface area contributed by atoms with E-state index in [1.165, 1.54) is 36.4 Å². The fourth-order valence-corrected chi connectivity index (χ4v) is 7.69. The fourth-order valence-electron chi connectivity index (χ4n) is 4.49. The summed E-state index contributed by atoms with van der Waals surface area (Å²) in [5.74, 6) is 0. The fraction of sp³-hybridized carbons (Fsp3) is 0.320. The molecule has 1 aromatic heterocycles. The number of nitro groups is 2. The van der Waals surface area contributed by atoms with Crippen molar-refractivity contribution in [3.8, 4) is 0 Å². The highest BCUT2D eigenvalue weighted by Crippen LogP contribution is 2.28. The smallest absolute Gasteiger partial charge is 0.289 e. The highest BCUT2D eigenvalue weighted by atomic mass is 32.2. The summed E-state index contributed by atoms with van der Waals surface area (Å²) in [4.78, 5) is 25.0. The van der Waals surface area contributed by atoms with Crippen LogP contribution in [0.15, 0.2) is 76.8 Å². The zero-order chi connectivity index (χ0) is 29.6. The van der Waals surface area contributed by atoms with Crippen molar-refractivity contribution in [1.82, 2.24) is 18.9 Å². The second-order valence-electron chi connectivity index (χ2n) is 9.21. The summed E-state index contributed by atoms with van der Waals surface area (Å²) in [6, 6.07) is 12.1. The van der Waals surface area contributed by atoms with Gasteiger partial charge in [0, 0.05) is 63.8 Å². The SMILES string of the molecule is O=[N+]([O-])c1ccccc1S(=O)(=O)N1CCNCCN(S(=O)(=O)c2ccccc2[N+](=O)[O-])CCc2cncc(c2)CC1. The highest BCUT2D eigenvalue weighted by molar-refractivity contribution is 7.89. The number of nitro benzene ring substituents is 2. The van der Waals surface area contributed by atoms with Gasteiger partial charge in [-0.05, 0) is 36.1 Å². The molecule has 0 saturated heterocycles. The van der Waals surface area contributed by atoms with Crippen molar-refractivity contribution in [1.29, 1.82) is 0 Å². The first-order valence-electron chi connectivity index (χ1n) is 12.6. The third kappa shape index (κ3) is 6.91. The zero-order valence-corrected chi connectivity index (χ0v) is 23.5. The minimum atomic E-state index is -4.26. The summed E-state index contributed by atoms with van der Waals surface area (Å²) in [7, 11) is -8.52. The summed E-state index contributed by atoms with van der Waals surface area (Å²) in [6.07, 6.45) is 3.67. The van der Waals surface area contributed by atoms with E-state index in [9.17, 15) is 37.1 Å². The maximum Gasteiger partial charge on any atom is 0.289 e. The largest absolute Gasteiger partial charge is 0.314 e. The molecule has 0 fully saturated rings. The first-order valence-corrected chi connectivity index (χ1v) is 15.5. The van der Waals surface area contributed by atoms with E-state index in [-0.39, 0.29) is 52.1 Å². The third-order valence-corrected chi connectivity index (χ3v) is 10.5. The summed E-state index contributed by atoms with van der Waals surface area (Å²) in [5.41, 5.74) is 0.338. The van der Waals surface area contributed by atoms with Crippen molar-refractivity contribution in [2.45, 2.75) is 22.6 Å². The van der Waals surface area contributed by atoms with Crippen LogP contribution in [0.3, 0.4) is 0 Å². The van der Waals surface area contributed by atoms with E-state index in [1.54, 1.807) is 18.5 Å². The van der Waals surface area contributed by atoms with E-state index >= 15 is 0 Å². The van der Waals surface area contributed by atoms with Crippen LogP contribution in [0.1, 0.15) is 11.1 Å². The van der Waals surface area contributed by atoms with E-state index in [1.807, 2.05) is 0 Å². The lowest BCUT2D eigenvalue weighted by Gasteiger charge is -2.25. The summed E-state index contributed by atoms with van der Waals surface area (Å²) in [6.45, 7) is 0.241. The van der Waals surface area contributed by atoms with Gasteiger partial charge in [0.15, 0.2) is 9.79 Å². The quantitative estimate of drug-likeness (QED) is 0.322. The van der Waals surface area contributed by atoms with Crippen LogP contribution in [0.2, 0.25) is 0 Å². The number of benzene rings is 2. The van der Waals surface area contributed by atoms with Gasteiger partial charge in [-0.3, -0.25) is 25.2 Å². The van der Waals surface area contributed by atoms with Gasteiger partial charge in [-0.25, -0.2) is 16.8 Å². The van der Waals surface area contributed by atoms with Crippen molar-refractivity contribution < 1.29 is 26.7 Å². The number of para-hydroxylation sites is 2. The normalized spacial score (nSPS) is 16.5. The number of aromatic nitrogens is 1. The van der Waals surface area contributed by atoms with Gasteiger partial charge in [0.2, 0.25) is 20.0 Å². The Kier molecular flexibility index (Phi) is 9.39. The molecule has 2 bridgehead atoms. The van der Waals surface area contributed by atoms with Crippen molar-refractivity contribution in [2.24, 2.45) is 0 Å². The van der Waals surface area contributed by atoms with Crippen LogP contribution >= 0.6 is 0 Å². The number of hydrogen-bond acceptors (Lipinski definition) is 10. The molecular formula is C25H28N6O8S2. The van der Waals surface area contributed by atoms with E-state index in [0.717, 1.165) is 20.7 Å². The van der Waals surface area contributed by atoms with Crippen LogP contribution in [-0.4, -0.2) is 79.5 Å². The average Bonchev–Trinajstić information content (AvgIpc) is 2.95. The monoisotopic (exact) mass is 604 g/mol. The Balaban J connectivity index is 1.63. The van der Waals surface area contributed by atoms with E-state index in [4.69, 9.17) is 0 Å². The zero-order valence-electron chi connectivity index (χ0n) is 21.8. The van der Waals surface area contributed by atoms with E-state index in [0.29, 0.717) is 11.1 Å². The molecule has 0 radical (unpaired) electrons. The Bertz CT molecular complexity index is 1530. The first-order chi connectivity index (χ1) is 19.5. The molecule has 14 nitrogen and oxygen atoms in total. The minimum absolute atomic E-state index is 0.0410. The summed E-state index contributed by atoms with van der Waals surface area (Å²) in [5, 5.41) is 26.1. The number of nitrogens with one attached hydrogen (secondary N) is 1. The number of rotatable bonds is 6. The lowest BCUT2D eigenvalue weighted by Crippen LogP contribution is -2.42. The molecule has 1 N–H and O–H groups in total. The number of hydrogen-bond donors (Lipinski definition) is 1. The molecule has 0 unspecified atom stereocenters. The van der Waals surface area contributed by atoms with E-state index < -0.39 is 51.1 Å². The van der Waals surface area contributed by atoms with Crippen LogP contribution in [0.25, 0.3) is 0 Å². The Hall–Kier alpha value is -3.83. The van der Waals surface area contributed by atoms with Gasteiger partial charge in [0.1, 0.15) is 0 Å². The van der Waals surface area contributed by atoms with Crippen LogP contribution in [0.5, 0.6) is 0 Å². The lowest BCUT2D eigenvalue weighted by atomic mass is 10.1. The van der Waals surface area contributed by atoms with Crippen LogP contribution in [0.4, 0.5) is 11.4 Å². The number of nitrogens with zero attached hydrogens (tertiary/aromatic N) is 5. The molecule has 0 spiro atoms. The third-order valence-electron chi connectivity index (χ3n) is 6.59. The molecule has 1 aliphatic heterocycles. The Morgan fingerprint density at radius 3 is 1.51 bits per heavy atom. The Morgan fingerprint density at radius 1 is 0.683 bits per heavy atom. The van der Waals surface area contributed by atoms with Crippen molar-refractivity contribution in [2.75, 3.05) is 39.3 Å². The maximum atomic E-state index is 13.5. The van der Waals surface area contributed by atoms with Crippen molar-refractivity contribution in [3.63, 3.8) is 0 Å². The van der Waals surface area contributed by atoms with Crippen LogP contribution < -0.4 is 5.32 Å². The standard InChI is InChI=1S/C25H28N6O8S2/c32-30(33)22-5-1-3-7-24(22)40(36,37)28-13-9-20-17-21(19-27-18-20)10-14-29(16-12-26-11-15-28)41(38,39)25-8-4-2-6-23(25)31(34)35/h1-8,17-19,26H,9-16H2. The van der Waals surface area contributed by atoms with Gasteiger partial charge in [-0.15, -0.1) is 0 Å². The molecule has 2 heterocycles. The first kappa shape index (κ1) is 30.1. The maximum absolute atomic E-state index is 13.5. The second-order valence-corrected chi connectivity index (χ2v) is 13.0. The summed E-state index contributed by atoms with van der Waals surface area (Å²) >= 11 is 0. The predicted octanol–water partition coefficient (Wildman–Crippen LogP) is 1.97. The van der Waals surface area contributed by atoms with Crippen molar-refractivity contribution >= 4 is 31.4 Å². The average molecular weight is 605 g/mol. The molecular weight excluding hydrogens is 576 g/mol. The molecule has 0 aliphatic carbocycles.